The molecule has 1 saturated heterocycles. The highest BCUT2D eigenvalue weighted by molar-refractivity contribution is 5.50. The Hall–Kier alpha value is -1.13. The van der Waals surface area contributed by atoms with Gasteiger partial charge in [0.1, 0.15) is 5.82 Å². The van der Waals surface area contributed by atoms with Crippen molar-refractivity contribution < 1.29 is 9.13 Å². The summed E-state index contributed by atoms with van der Waals surface area (Å²) in [5, 5.41) is 3.13. The van der Waals surface area contributed by atoms with Crippen LogP contribution in [0.15, 0.2) is 18.2 Å². The second kappa shape index (κ2) is 6.55. The number of nitrogens with one attached hydrogen (secondary N) is 1. The highest BCUT2D eigenvalue weighted by atomic mass is 19.1. The van der Waals surface area contributed by atoms with E-state index in [1.165, 1.54) is 0 Å². The Balaban J connectivity index is 2.17. The predicted octanol–water partition coefficient (Wildman–Crippen LogP) is 2.97. The fourth-order valence-electron chi connectivity index (χ4n) is 2.78. The van der Waals surface area contributed by atoms with E-state index in [2.05, 4.69) is 17.1 Å². The molecule has 1 heterocycles. The van der Waals surface area contributed by atoms with Crippen LogP contribution < -0.4 is 10.2 Å². The first kappa shape index (κ1) is 15.3. The summed E-state index contributed by atoms with van der Waals surface area (Å²) in [6.07, 6.45) is 1.21. The first-order valence-corrected chi connectivity index (χ1v) is 7.31. The minimum absolute atomic E-state index is 0.144. The summed E-state index contributed by atoms with van der Waals surface area (Å²) in [6, 6.07) is 5.68. The number of methoxy groups -OCH3 is 1. The van der Waals surface area contributed by atoms with Gasteiger partial charge in [-0.15, -0.1) is 0 Å². The standard InChI is InChI=1S/C16H25FN2O/c1-11-7-8-19(10-16(11)20-4)15-6-5-13(9-14(15)17)12(2)18-3/h5-6,9,11-12,16,18H,7-8,10H2,1-4H3. The first-order chi connectivity index (χ1) is 9.56. The summed E-state index contributed by atoms with van der Waals surface area (Å²) < 4.78 is 19.8. The second-order valence-corrected chi connectivity index (χ2v) is 5.71. The molecule has 3 atom stereocenters. The number of nitrogens with zero attached hydrogens (tertiary/aromatic N) is 1. The normalized spacial score (nSPS) is 24.8. The van der Waals surface area contributed by atoms with E-state index in [0.717, 1.165) is 25.1 Å². The van der Waals surface area contributed by atoms with Crippen LogP contribution in [0.2, 0.25) is 0 Å². The van der Waals surface area contributed by atoms with Gasteiger partial charge in [0.25, 0.3) is 0 Å². The van der Waals surface area contributed by atoms with Gasteiger partial charge in [-0.3, -0.25) is 0 Å². The maximum absolute atomic E-state index is 14.3. The molecule has 20 heavy (non-hydrogen) atoms. The Kier molecular flexibility index (Phi) is 5.00. The molecule has 0 radical (unpaired) electrons. The van der Waals surface area contributed by atoms with Crippen LogP contribution >= 0.6 is 0 Å². The third-order valence-corrected chi connectivity index (χ3v) is 4.44. The van der Waals surface area contributed by atoms with Crippen LogP contribution in [0, 0.1) is 11.7 Å². The number of anilines is 1. The zero-order valence-corrected chi connectivity index (χ0v) is 12.8. The van der Waals surface area contributed by atoms with Gasteiger partial charge in [-0.25, -0.2) is 4.39 Å². The lowest BCUT2D eigenvalue weighted by atomic mass is 9.95. The van der Waals surface area contributed by atoms with E-state index in [9.17, 15) is 4.39 Å². The van der Waals surface area contributed by atoms with Crippen molar-refractivity contribution in [2.24, 2.45) is 5.92 Å². The summed E-state index contributed by atoms with van der Waals surface area (Å²) >= 11 is 0. The van der Waals surface area contributed by atoms with Gasteiger partial charge < -0.3 is 15.0 Å². The lowest BCUT2D eigenvalue weighted by Gasteiger charge is -2.37. The van der Waals surface area contributed by atoms with E-state index < -0.39 is 0 Å². The van der Waals surface area contributed by atoms with E-state index >= 15 is 0 Å². The summed E-state index contributed by atoms with van der Waals surface area (Å²) in [4.78, 5) is 2.09. The van der Waals surface area contributed by atoms with Gasteiger partial charge in [0, 0.05) is 26.2 Å². The number of benzene rings is 1. The maximum Gasteiger partial charge on any atom is 0.146 e. The summed E-state index contributed by atoms with van der Waals surface area (Å²) in [7, 11) is 3.62. The summed E-state index contributed by atoms with van der Waals surface area (Å²) in [5.41, 5.74) is 1.66. The van der Waals surface area contributed by atoms with Crippen LogP contribution in [0.5, 0.6) is 0 Å². The molecular formula is C16H25FN2O. The van der Waals surface area contributed by atoms with Crippen molar-refractivity contribution in [1.82, 2.24) is 5.32 Å². The van der Waals surface area contributed by atoms with Crippen LogP contribution in [0.25, 0.3) is 0 Å². The van der Waals surface area contributed by atoms with Crippen molar-refractivity contribution in [1.29, 1.82) is 0 Å². The Morgan fingerprint density at radius 2 is 2.20 bits per heavy atom. The molecule has 112 valence electrons. The van der Waals surface area contributed by atoms with Gasteiger partial charge in [0.05, 0.1) is 11.8 Å². The molecule has 1 fully saturated rings. The van der Waals surface area contributed by atoms with Crippen molar-refractivity contribution in [3.63, 3.8) is 0 Å². The molecule has 3 unspecified atom stereocenters. The third kappa shape index (κ3) is 3.13. The highest BCUT2D eigenvalue weighted by Crippen LogP contribution is 2.28. The van der Waals surface area contributed by atoms with Crippen LogP contribution in [0.1, 0.15) is 31.9 Å². The van der Waals surface area contributed by atoms with Gasteiger partial charge in [-0.05, 0) is 44.0 Å². The number of rotatable bonds is 4. The van der Waals surface area contributed by atoms with Crippen LogP contribution in [0.4, 0.5) is 10.1 Å². The fraction of sp³-hybridized carbons (Fsp3) is 0.625. The van der Waals surface area contributed by atoms with Crippen molar-refractivity contribution >= 4 is 5.69 Å². The Morgan fingerprint density at radius 1 is 1.45 bits per heavy atom. The molecule has 4 heteroatoms. The van der Waals surface area contributed by atoms with Gasteiger partial charge >= 0.3 is 0 Å². The maximum atomic E-state index is 14.3. The zero-order chi connectivity index (χ0) is 14.7. The molecule has 1 N–H and O–H groups in total. The van der Waals surface area contributed by atoms with E-state index in [1.54, 1.807) is 13.2 Å². The fourth-order valence-corrected chi connectivity index (χ4v) is 2.78. The van der Waals surface area contributed by atoms with Crippen molar-refractivity contribution in [3.8, 4) is 0 Å². The Labute approximate surface area is 121 Å². The number of halogens is 1. The molecule has 0 amide bonds. The molecule has 0 saturated carbocycles. The van der Waals surface area contributed by atoms with Crippen LogP contribution in [-0.2, 0) is 4.74 Å². The molecule has 0 bridgehead atoms. The summed E-state index contributed by atoms with van der Waals surface area (Å²) in [6.45, 7) is 5.87. The van der Waals surface area contributed by atoms with Crippen molar-refractivity contribution in [2.75, 3.05) is 32.1 Å². The van der Waals surface area contributed by atoms with Gasteiger partial charge in [0.15, 0.2) is 0 Å². The SMILES string of the molecule is CNC(C)c1ccc(N2CCC(C)C(OC)C2)c(F)c1. The molecule has 1 aliphatic heterocycles. The molecule has 2 rings (SSSR count). The average Bonchev–Trinajstić information content (AvgIpc) is 2.47. The number of piperidine rings is 1. The monoisotopic (exact) mass is 280 g/mol. The van der Waals surface area contributed by atoms with E-state index in [-0.39, 0.29) is 18.0 Å². The second-order valence-electron chi connectivity index (χ2n) is 5.71. The Bertz CT molecular complexity index is 452. The van der Waals surface area contributed by atoms with Crippen molar-refractivity contribution in [2.45, 2.75) is 32.4 Å². The molecule has 0 spiro atoms. The molecule has 0 aliphatic carbocycles. The third-order valence-electron chi connectivity index (χ3n) is 4.44. The summed E-state index contributed by atoms with van der Waals surface area (Å²) in [5.74, 6) is 0.386. The molecule has 1 aromatic carbocycles. The molecule has 0 aromatic heterocycles. The van der Waals surface area contributed by atoms with Gasteiger partial charge in [-0.1, -0.05) is 13.0 Å². The van der Waals surface area contributed by atoms with Crippen molar-refractivity contribution in [3.05, 3.63) is 29.6 Å². The molecular weight excluding hydrogens is 255 g/mol. The molecule has 1 aromatic rings. The van der Waals surface area contributed by atoms with Gasteiger partial charge in [-0.2, -0.15) is 0 Å². The van der Waals surface area contributed by atoms with E-state index in [0.29, 0.717) is 11.6 Å². The number of hydrogen-bond donors (Lipinski definition) is 1. The number of hydrogen-bond acceptors (Lipinski definition) is 3. The smallest absolute Gasteiger partial charge is 0.146 e. The lowest BCUT2D eigenvalue weighted by Crippen LogP contribution is -2.44. The van der Waals surface area contributed by atoms with Crippen LogP contribution in [0.3, 0.4) is 0 Å². The lowest BCUT2D eigenvalue weighted by molar-refractivity contribution is 0.0497. The minimum atomic E-state index is -0.144. The van der Waals surface area contributed by atoms with E-state index in [4.69, 9.17) is 4.74 Å². The van der Waals surface area contributed by atoms with Gasteiger partial charge in [0.2, 0.25) is 0 Å². The van der Waals surface area contributed by atoms with E-state index in [1.807, 2.05) is 26.1 Å². The largest absolute Gasteiger partial charge is 0.379 e. The van der Waals surface area contributed by atoms with Crippen LogP contribution in [-0.4, -0.2) is 33.4 Å². The zero-order valence-electron chi connectivity index (χ0n) is 12.8. The first-order valence-electron chi connectivity index (χ1n) is 7.31. The Morgan fingerprint density at radius 3 is 2.80 bits per heavy atom. The number of ether oxygens (including phenoxy) is 1. The molecule has 3 nitrogen and oxygen atoms in total. The average molecular weight is 280 g/mol. The molecule has 1 aliphatic rings. The predicted molar refractivity (Wildman–Crippen MR) is 80.7 cm³/mol. The topological polar surface area (TPSA) is 24.5 Å². The minimum Gasteiger partial charge on any atom is -0.379 e. The quantitative estimate of drug-likeness (QED) is 0.917. The highest BCUT2D eigenvalue weighted by Gasteiger charge is 2.27.